The second-order valence-corrected chi connectivity index (χ2v) is 6.58. The van der Waals surface area contributed by atoms with E-state index in [2.05, 4.69) is 68.7 Å². The van der Waals surface area contributed by atoms with E-state index in [-0.39, 0.29) is 0 Å². The molecule has 0 spiro atoms. The van der Waals surface area contributed by atoms with Gasteiger partial charge in [0.25, 0.3) is 0 Å². The normalized spacial score (nSPS) is 27.7. The molecule has 0 N–H and O–H groups in total. The highest BCUT2D eigenvalue weighted by atomic mass is 15.2. The van der Waals surface area contributed by atoms with E-state index in [1.54, 1.807) is 0 Å². The number of rotatable bonds is 5. The molecule has 1 saturated heterocycles. The molecule has 1 aliphatic heterocycles. The van der Waals surface area contributed by atoms with Gasteiger partial charge in [-0.2, -0.15) is 0 Å². The van der Waals surface area contributed by atoms with Crippen molar-refractivity contribution in [3.8, 4) is 0 Å². The molecule has 1 aromatic carbocycles. The van der Waals surface area contributed by atoms with Crippen LogP contribution in [0.3, 0.4) is 0 Å². The predicted molar refractivity (Wildman–Crippen MR) is 87.6 cm³/mol. The Kier molecular flexibility index (Phi) is 5.42. The van der Waals surface area contributed by atoms with Crippen molar-refractivity contribution < 1.29 is 0 Å². The van der Waals surface area contributed by atoms with Gasteiger partial charge in [0, 0.05) is 12.6 Å². The van der Waals surface area contributed by atoms with Crippen molar-refractivity contribution in [1.29, 1.82) is 0 Å². The Bertz CT molecular complexity index is 409. The molecule has 0 bridgehead atoms. The summed E-state index contributed by atoms with van der Waals surface area (Å²) in [6, 6.07) is 11.5. The van der Waals surface area contributed by atoms with E-state index >= 15 is 0 Å². The Hall–Kier alpha value is -1.08. The Labute approximate surface area is 124 Å². The highest BCUT2D eigenvalue weighted by Gasteiger charge is 2.35. The highest BCUT2D eigenvalue weighted by molar-refractivity contribution is 5.14. The lowest BCUT2D eigenvalue weighted by Crippen LogP contribution is -2.48. The second kappa shape index (κ2) is 7.08. The van der Waals surface area contributed by atoms with Gasteiger partial charge >= 0.3 is 0 Å². The van der Waals surface area contributed by atoms with Gasteiger partial charge in [0.05, 0.1) is 0 Å². The van der Waals surface area contributed by atoms with Crippen LogP contribution in [0.1, 0.15) is 39.2 Å². The zero-order valence-corrected chi connectivity index (χ0v) is 13.3. The van der Waals surface area contributed by atoms with E-state index in [1.165, 1.54) is 18.5 Å². The van der Waals surface area contributed by atoms with Crippen LogP contribution in [0.15, 0.2) is 43.0 Å². The van der Waals surface area contributed by atoms with E-state index in [9.17, 15) is 0 Å². The molecule has 1 heterocycles. The largest absolute Gasteiger partial charge is 0.296 e. The molecule has 0 radical (unpaired) electrons. The first-order chi connectivity index (χ1) is 9.63. The first kappa shape index (κ1) is 15.3. The van der Waals surface area contributed by atoms with Gasteiger partial charge in [-0.1, -0.05) is 50.3 Å². The molecular formula is C19H29N. The molecule has 1 aliphatic rings. The first-order valence-electron chi connectivity index (χ1n) is 8.02. The number of piperidine rings is 1. The fraction of sp³-hybridized carbons (Fsp3) is 0.579. The number of hydrogen-bond acceptors (Lipinski definition) is 1. The van der Waals surface area contributed by atoms with E-state index in [4.69, 9.17) is 0 Å². The van der Waals surface area contributed by atoms with Crippen molar-refractivity contribution in [2.45, 2.75) is 46.2 Å². The standard InChI is InChI=1S/C19H29N/c1-5-9-19-16(4)20(13-12-18(19)15(2)3)14-17-10-7-6-8-11-17/h5-8,10-11,15-16,18-19H,1,9,12-14H2,2-4H3/t16-,18+,19-/m0/s1. The van der Waals surface area contributed by atoms with Crippen LogP contribution in [0, 0.1) is 17.8 Å². The Morgan fingerprint density at radius 2 is 2.00 bits per heavy atom. The monoisotopic (exact) mass is 271 g/mol. The van der Waals surface area contributed by atoms with Crippen molar-refractivity contribution in [2.24, 2.45) is 17.8 Å². The van der Waals surface area contributed by atoms with Gasteiger partial charge in [-0.25, -0.2) is 0 Å². The average Bonchev–Trinajstić information content (AvgIpc) is 2.44. The molecule has 110 valence electrons. The molecule has 3 atom stereocenters. The van der Waals surface area contributed by atoms with Crippen molar-refractivity contribution in [1.82, 2.24) is 4.90 Å². The summed E-state index contributed by atoms with van der Waals surface area (Å²) in [5.41, 5.74) is 1.43. The van der Waals surface area contributed by atoms with E-state index < -0.39 is 0 Å². The fourth-order valence-corrected chi connectivity index (χ4v) is 3.79. The van der Waals surface area contributed by atoms with Crippen LogP contribution in [0.4, 0.5) is 0 Å². The van der Waals surface area contributed by atoms with Gasteiger partial charge in [0.15, 0.2) is 0 Å². The molecule has 1 nitrogen and oxygen atoms in total. The summed E-state index contributed by atoms with van der Waals surface area (Å²) in [4.78, 5) is 2.66. The molecule has 20 heavy (non-hydrogen) atoms. The minimum absolute atomic E-state index is 0.648. The van der Waals surface area contributed by atoms with Gasteiger partial charge in [-0.05, 0) is 49.6 Å². The van der Waals surface area contributed by atoms with E-state index in [1.807, 2.05) is 0 Å². The van der Waals surface area contributed by atoms with Gasteiger partial charge in [-0.15, -0.1) is 6.58 Å². The van der Waals surface area contributed by atoms with Crippen LogP contribution in [0.2, 0.25) is 0 Å². The number of nitrogens with zero attached hydrogens (tertiary/aromatic N) is 1. The summed E-state index contributed by atoms with van der Waals surface area (Å²) < 4.78 is 0. The summed E-state index contributed by atoms with van der Waals surface area (Å²) in [6.45, 7) is 13.4. The van der Waals surface area contributed by atoms with E-state index in [0.717, 1.165) is 30.7 Å². The van der Waals surface area contributed by atoms with Crippen LogP contribution >= 0.6 is 0 Å². The van der Waals surface area contributed by atoms with Crippen LogP contribution in [-0.2, 0) is 6.54 Å². The summed E-state index contributed by atoms with van der Waals surface area (Å²) in [5, 5.41) is 0. The summed E-state index contributed by atoms with van der Waals surface area (Å²) in [5.74, 6) is 2.38. The number of allylic oxidation sites excluding steroid dienone is 1. The lowest BCUT2D eigenvalue weighted by atomic mass is 9.72. The summed E-state index contributed by atoms with van der Waals surface area (Å²) in [7, 11) is 0. The SMILES string of the molecule is C=CC[C@@H]1[C@@H](C(C)C)CCN(Cc2ccccc2)[C@H]1C. The number of likely N-dealkylation sites (tertiary alicyclic amines) is 1. The third kappa shape index (κ3) is 3.52. The molecule has 1 heteroatoms. The number of hydrogen-bond donors (Lipinski definition) is 0. The molecule has 0 aliphatic carbocycles. The number of benzene rings is 1. The van der Waals surface area contributed by atoms with Crippen molar-refractivity contribution in [2.75, 3.05) is 6.54 Å². The quantitative estimate of drug-likeness (QED) is 0.699. The Balaban J connectivity index is 2.07. The third-order valence-corrected chi connectivity index (χ3v) is 5.02. The smallest absolute Gasteiger partial charge is 0.0236 e. The van der Waals surface area contributed by atoms with Gasteiger partial charge in [0.1, 0.15) is 0 Å². The van der Waals surface area contributed by atoms with Crippen LogP contribution < -0.4 is 0 Å². The van der Waals surface area contributed by atoms with Gasteiger partial charge < -0.3 is 0 Å². The molecular weight excluding hydrogens is 242 g/mol. The molecule has 1 aromatic rings. The molecule has 1 fully saturated rings. The van der Waals surface area contributed by atoms with Gasteiger partial charge in [0.2, 0.25) is 0 Å². The van der Waals surface area contributed by atoms with Crippen LogP contribution in [0.5, 0.6) is 0 Å². The third-order valence-electron chi connectivity index (χ3n) is 5.02. The zero-order chi connectivity index (χ0) is 14.5. The minimum Gasteiger partial charge on any atom is -0.296 e. The van der Waals surface area contributed by atoms with Crippen LogP contribution in [0.25, 0.3) is 0 Å². The fourth-order valence-electron chi connectivity index (χ4n) is 3.79. The maximum atomic E-state index is 3.97. The predicted octanol–water partition coefficient (Wildman–Crippen LogP) is 4.75. The van der Waals surface area contributed by atoms with Crippen molar-refractivity contribution in [3.05, 3.63) is 48.6 Å². The summed E-state index contributed by atoms with van der Waals surface area (Å²) in [6.07, 6.45) is 4.59. The first-order valence-corrected chi connectivity index (χ1v) is 8.02. The lowest BCUT2D eigenvalue weighted by molar-refractivity contribution is 0.0339. The summed E-state index contributed by atoms with van der Waals surface area (Å²) >= 11 is 0. The Morgan fingerprint density at radius 3 is 2.60 bits per heavy atom. The molecule has 0 amide bonds. The van der Waals surface area contributed by atoms with Crippen molar-refractivity contribution in [3.63, 3.8) is 0 Å². The zero-order valence-electron chi connectivity index (χ0n) is 13.3. The highest BCUT2D eigenvalue weighted by Crippen LogP contribution is 2.37. The molecule has 0 unspecified atom stereocenters. The average molecular weight is 271 g/mol. The topological polar surface area (TPSA) is 3.24 Å². The maximum Gasteiger partial charge on any atom is 0.0236 e. The minimum atomic E-state index is 0.648. The van der Waals surface area contributed by atoms with Gasteiger partial charge in [-0.3, -0.25) is 4.90 Å². The lowest BCUT2D eigenvalue weighted by Gasteiger charge is -2.45. The Morgan fingerprint density at radius 1 is 1.30 bits per heavy atom. The van der Waals surface area contributed by atoms with Crippen LogP contribution in [-0.4, -0.2) is 17.5 Å². The van der Waals surface area contributed by atoms with Crippen molar-refractivity contribution >= 4 is 0 Å². The molecule has 2 rings (SSSR count). The second-order valence-electron chi connectivity index (χ2n) is 6.58. The molecule has 0 saturated carbocycles. The maximum absolute atomic E-state index is 3.97. The van der Waals surface area contributed by atoms with E-state index in [0.29, 0.717) is 6.04 Å². The molecule has 0 aromatic heterocycles.